The Balaban J connectivity index is 1.58. The third kappa shape index (κ3) is 3.99. The molecule has 1 saturated carbocycles. The summed E-state index contributed by atoms with van der Waals surface area (Å²) in [4.78, 5) is 16.5. The molecule has 1 aromatic carbocycles. The number of pyridine rings is 1. The average Bonchev–Trinajstić information content (AvgIpc) is 3.38. The molecule has 2 heterocycles. The molecule has 3 aromatic rings. The summed E-state index contributed by atoms with van der Waals surface area (Å²) in [6, 6.07) is 6.56. The number of aromatic nitrogens is 3. The first kappa shape index (κ1) is 17.6. The Bertz CT molecular complexity index is 991. The standard InChI is InChI=1S/C21H23FN4O/c1-13(2)15-9-16-12-26(25-21(16)23-11-15)19-10-17(6-7-18(19)22)24-20(27)8-5-14-3-4-14/h6-7,9-14H,3-5,8H2,1-2H3,(H,24,27). The maximum Gasteiger partial charge on any atom is 0.224 e. The van der Waals surface area contributed by atoms with Crippen molar-refractivity contribution in [3.63, 3.8) is 0 Å². The van der Waals surface area contributed by atoms with Crippen LogP contribution in [0.25, 0.3) is 16.7 Å². The minimum atomic E-state index is -0.400. The molecule has 1 N–H and O–H groups in total. The number of carbonyl (C=O) groups is 1. The second kappa shape index (κ2) is 7.10. The molecule has 0 aliphatic heterocycles. The van der Waals surface area contributed by atoms with Crippen LogP contribution in [0.3, 0.4) is 0 Å². The molecule has 6 heteroatoms. The highest BCUT2D eigenvalue weighted by molar-refractivity contribution is 5.91. The van der Waals surface area contributed by atoms with Crippen molar-refractivity contribution in [1.82, 2.24) is 14.8 Å². The first-order valence-corrected chi connectivity index (χ1v) is 9.44. The summed E-state index contributed by atoms with van der Waals surface area (Å²) < 4.78 is 15.9. The lowest BCUT2D eigenvalue weighted by atomic mass is 10.1. The van der Waals surface area contributed by atoms with Crippen molar-refractivity contribution in [2.24, 2.45) is 5.92 Å². The van der Waals surface area contributed by atoms with Crippen LogP contribution in [0.15, 0.2) is 36.7 Å². The summed E-state index contributed by atoms with van der Waals surface area (Å²) in [5.74, 6) is 0.631. The highest BCUT2D eigenvalue weighted by atomic mass is 19.1. The summed E-state index contributed by atoms with van der Waals surface area (Å²) in [5, 5.41) is 8.10. The molecule has 0 radical (unpaired) electrons. The van der Waals surface area contributed by atoms with Crippen molar-refractivity contribution in [2.75, 3.05) is 5.32 Å². The smallest absolute Gasteiger partial charge is 0.224 e. The number of amides is 1. The van der Waals surface area contributed by atoms with Crippen LogP contribution >= 0.6 is 0 Å². The van der Waals surface area contributed by atoms with Crippen molar-refractivity contribution in [3.05, 3.63) is 48.0 Å². The van der Waals surface area contributed by atoms with Gasteiger partial charge in [0.25, 0.3) is 0 Å². The first-order chi connectivity index (χ1) is 13.0. The van der Waals surface area contributed by atoms with Crippen molar-refractivity contribution >= 4 is 22.6 Å². The summed E-state index contributed by atoms with van der Waals surface area (Å²) in [5.41, 5.74) is 2.54. The van der Waals surface area contributed by atoms with Gasteiger partial charge in [0.2, 0.25) is 5.91 Å². The zero-order valence-corrected chi connectivity index (χ0v) is 15.6. The van der Waals surface area contributed by atoms with Crippen LogP contribution < -0.4 is 5.32 Å². The van der Waals surface area contributed by atoms with Crippen molar-refractivity contribution in [3.8, 4) is 5.69 Å². The quantitative estimate of drug-likeness (QED) is 0.681. The summed E-state index contributed by atoms with van der Waals surface area (Å²) in [7, 11) is 0. The highest BCUT2D eigenvalue weighted by Crippen LogP contribution is 2.33. The van der Waals surface area contributed by atoms with Crippen LogP contribution in [-0.2, 0) is 4.79 Å². The van der Waals surface area contributed by atoms with Gasteiger partial charge >= 0.3 is 0 Å². The van der Waals surface area contributed by atoms with Gasteiger partial charge in [0.05, 0.1) is 0 Å². The second-order valence-corrected chi connectivity index (χ2v) is 7.61. The normalized spacial score (nSPS) is 14.1. The van der Waals surface area contributed by atoms with E-state index in [0.29, 0.717) is 35.3 Å². The van der Waals surface area contributed by atoms with E-state index in [1.807, 2.05) is 6.07 Å². The van der Waals surface area contributed by atoms with Crippen LogP contribution in [0.5, 0.6) is 0 Å². The third-order valence-corrected chi connectivity index (χ3v) is 5.00. The highest BCUT2D eigenvalue weighted by Gasteiger charge is 2.22. The Morgan fingerprint density at radius 1 is 1.33 bits per heavy atom. The molecule has 0 saturated heterocycles. The zero-order valence-electron chi connectivity index (χ0n) is 15.6. The molecular formula is C21H23FN4O. The van der Waals surface area contributed by atoms with Gasteiger partial charge in [0.15, 0.2) is 5.65 Å². The molecule has 2 aromatic heterocycles. The molecule has 1 aliphatic carbocycles. The van der Waals surface area contributed by atoms with E-state index < -0.39 is 5.82 Å². The number of fused-ring (bicyclic) bond motifs is 1. The number of halogens is 1. The largest absolute Gasteiger partial charge is 0.326 e. The summed E-state index contributed by atoms with van der Waals surface area (Å²) in [6.07, 6.45) is 7.46. The lowest BCUT2D eigenvalue weighted by Gasteiger charge is -2.08. The van der Waals surface area contributed by atoms with E-state index in [4.69, 9.17) is 0 Å². The summed E-state index contributed by atoms with van der Waals surface area (Å²) in [6.45, 7) is 4.20. The van der Waals surface area contributed by atoms with E-state index in [0.717, 1.165) is 17.4 Å². The Morgan fingerprint density at radius 2 is 2.15 bits per heavy atom. The number of nitrogens with zero attached hydrogens (tertiary/aromatic N) is 3. The van der Waals surface area contributed by atoms with Gasteiger partial charge in [-0.05, 0) is 48.1 Å². The van der Waals surface area contributed by atoms with Gasteiger partial charge in [-0.3, -0.25) is 4.79 Å². The minimum Gasteiger partial charge on any atom is -0.326 e. The minimum absolute atomic E-state index is 0.0340. The topological polar surface area (TPSA) is 59.8 Å². The van der Waals surface area contributed by atoms with Crippen LogP contribution in [-0.4, -0.2) is 20.7 Å². The fourth-order valence-corrected chi connectivity index (χ4v) is 3.10. The van der Waals surface area contributed by atoms with E-state index in [9.17, 15) is 9.18 Å². The Labute approximate surface area is 157 Å². The Kier molecular flexibility index (Phi) is 4.64. The van der Waals surface area contributed by atoms with Crippen LogP contribution in [0, 0.1) is 11.7 Å². The fraction of sp³-hybridized carbons (Fsp3) is 0.381. The van der Waals surface area contributed by atoms with Gasteiger partial charge in [-0.15, -0.1) is 5.10 Å². The van der Waals surface area contributed by atoms with Gasteiger partial charge in [0, 0.05) is 29.9 Å². The summed E-state index contributed by atoms with van der Waals surface area (Å²) >= 11 is 0. The molecule has 140 valence electrons. The number of carbonyl (C=O) groups excluding carboxylic acids is 1. The zero-order chi connectivity index (χ0) is 19.0. The van der Waals surface area contributed by atoms with Crippen molar-refractivity contribution < 1.29 is 9.18 Å². The molecular weight excluding hydrogens is 343 g/mol. The van der Waals surface area contributed by atoms with Gasteiger partial charge < -0.3 is 5.32 Å². The Hall–Kier alpha value is -2.76. The monoisotopic (exact) mass is 366 g/mol. The second-order valence-electron chi connectivity index (χ2n) is 7.61. The van der Waals surface area contributed by atoms with E-state index in [1.54, 1.807) is 24.5 Å². The predicted molar refractivity (Wildman–Crippen MR) is 103 cm³/mol. The van der Waals surface area contributed by atoms with E-state index >= 15 is 0 Å². The average molecular weight is 366 g/mol. The van der Waals surface area contributed by atoms with E-state index in [-0.39, 0.29) is 5.91 Å². The number of rotatable bonds is 6. The fourth-order valence-electron chi connectivity index (χ4n) is 3.10. The number of hydrogen-bond donors (Lipinski definition) is 1. The van der Waals surface area contributed by atoms with Crippen LogP contribution in [0.1, 0.15) is 51.0 Å². The first-order valence-electron chi connectivity index (χ1n) is 9.44. The lowest BCUT2D eigenvalue weighted by Crippen LogP contribution is -2.12. The molecule has 5 nitrogen and oxygen atoms in total. The van der Waals surface area contributed by atoms with Crippen molar-refractivity contribution in [2.45, 2.75) is 45.4 Å². The number of hydrogen-bond acceptors (Lipinski definition) is 3. The molecule has 1 amide bonds. The third-order valence-electron chi connectivity index (χ3n) is 5.00. The van der Waals surface area contributed by atoms with Crippen LogP contribution in [0.4, 0.5) is 10.1 Å². The van der Waals surface area contributed by atoms with Gasteiger partial charge in [-0.25, -0.2) is 14.1 Å². The molecule has 4 rings (SSSR count). The lowest BCUT2D eigenvalue weighted by molar-refractivity contribution is -0.116. The van der Waals surface area contributed by atoms with Gasteiger partial charge in [0.1, 0.15) is 11.5 Å². The van der Waals surface area contributed by atoms with Crippen molar-refractivity contribution in [1.29, 1.82) is 0 Å². The molecule has 0 bridgehead atoms. The molecule has 0 unspecified atom stereocenters. The predicted octanol–water partition coefficient (Wildman–Crippen LogP) is 4.81. The number of nitrogens with one attached hydrogen (secondary N) is 1. The SMILES string of the molecule is CC(C)c1cnc2nn(-c3cc(NC(=O)CCC4CC4)ccc3F)cc2c1. The number of benzene rings is 1. The number of anilines is 1. The maximum absolute atomic E-state index is 14.4. The molecule has 1 fully saturated rings. The maximum atomic E-state index is 14.4. The van der Waals surface area contributed by atoms with E-state index in [1.165, 1.54) is 23.6 Å². The molecule has 0 atom stereocenters. The van der Waals surface area contributed by atoms with Crippen LogP contribution in [0.2, 0.25) is 0 Å². The van der Waals surface area contributed by atoms with E-state index in [2.05, 4.69) is 29.2 Å². The molecule has 27 heavy (non-hydrogen) atoms. The Morgan fingerprint density at radius 3 is 2.89 bits per heavy atom. The molecule has 0 spiro atoms. The molecule has 1 aliphatic rings. The van der Waals surface area contributed by atoms with Gasteiger partial charge in [-0.1, -0.05) is 26.7 Å². The van der Waals surface area contributed by atoms with Gasteiger partial charge in [-0.2, -0.15) is 0 Å².